The van der Waals surface area contributed by atoms with E-state index in [1.165, 1.54) is 7.05 Å². The lowest BCUT2D eigenvalue weighted by molar-refractivity contribution is -0.0517. The van der Waals surface area contributed by atoms with E-state index in [4.69, 9.17) is 0 Å². The van der Waals surface area contributed by atoms with E-state index in [2.05, 4.69) is 46.2 Å². The Morgan fingerprint density at radius 3 is 2.21 bits per heavy atom. The van der Waals surface area contributed by atoms with Gasteiger partial charge in [-0.1, -0.05) is 46.6 Å². The first-order valence-corrected chi connectivity index (χ1v) is 8.29. The van der Waals surface area contributed by atoms with Gasteiger partial charge in [0.25, 0.3) is 0 Å². The molecule has 0 aromatic rings. The van der Waals surface area contributed by atoms with E-state index >= 15 is 0 Å². The summed E-state index contributed by atoms with van der Waals surface area (Å²) in [5, 5.41) is 0.812. The van der Waals surface area contributed by atoms with E-state index in [9.17, 15) is 4.48 Å². The highest BCUT2D eigenvalue weighted by molar-refractivity contribution is 5.31. The molecule has 1 atom stereocenters. The topological polar surface area (TPSA) is 6.48 Å². The number of nitrogens with zero attached hydrogens (tertiary/aromatic N) is 2. The Bertz CT molecular complexity index is 546. The summed E-state index contributed by atoms with van der Waals surface area (Å²) in [6, 6.07) is -0.271. The van der Waals surface area contributed by atoms with Crippen molar-refractivity contribution in [1.82, 2.24) is 10.0 Å². The molecule has 0 heterocycles. The van der Waals surface area contributed by atoms with E-state index in [0.29, 0.717) is 6.54 Å². The molecule has 0 saturated carbocycles. The standard InChI is InChI=1S/C21H33FN2/c1-10-14-17(5)15-24(19(12-3)18(6)11-2)16-20(23(9)22)21(7,8)13-4/h11-12,14-15,20H,1-3,13,16H2,4-9H3/b17-15+,19-18-. The van der Waals surface area contributed by atoms with Gasteiger partial charge in [0.05, 0.1) is 6.04 Å². The van der Waals surface area contributed by atoms with Gasteiger partial charge >= 0.3 is 0 Å². The molecule has 0 aliphatic rings. The third-order valence-corrected chi connectivity index (χ3v) is 4.51. The molecule has 0 rings (SSSR count). The van der Waals surface area contributed by atoms with Gasteiger partial charge in [0.15, 0.2) is 0 Å². The Morgan fingerprint density at radius 1 is 1.25 bits per heavy atom. The zero-order valence-corrected chi connectivity index (χ0v) is 16.2. The normalized spacial score (nSPS) is 14.6. The Kier molecular flexibility index (Phi) is 9.35. The number of hydrogen-bond acceptors (Lipinski definition) is 2. The lowest BCUT2D eigenvalue weighted by Crippen LogP contribution is -2.46. The van der Waals surface area contributed by atoms with Crippen LogP contribution in [0.15, 0.2) is 66.7 Å². The van der Waals surface area contributed by atoms with Gasteiger partial charge in [-0.2, -0.15) is 0 Å². The predicted molar refractivity (Wildman–Crippen MR) is 104 cm³/mol. The average Bonchev–Trinajstić information content (AvgIpc) is 2.52. The Labute approximate surface area is 148 Å². The summed E-state index contributed by atoms with van der Waals surface area (Å²) in [6.45, 7) is 22.1. The van der Waals surface area contributed by atoms with Crippen molar-refractivity contribution in [1.29, 1.82) is 0 Å². The third kappa shape index (κ3) is 6.35. The number of likely N-dealkylation sites (N-methyl/N-ethyl adjacent to an activating group) is 1. The summed E-state index contributed by atoms with van der Waals surface area (Å²) in [5.74, 6) is 0. The van der Waals surface area contributed by atoms with E-state index in [1.807, 2.05) is 24.9 Å². The highest BCUT2D eigenvalue weighted by atomic mass is 19.2. The highest BCUT2D eigenvalue weighted by Crippen LogP contribution is 2.31. The highest BCUT2D eigenvalue weighted by Gasteiger charge is 2.33. The zero-order valence-electron chi connectivity index (χ0n) is 16.2. The number of rotatable bonds is 10. The molecule has 0 saturated heterocycles. The van der Waals surface area contributed by atoms with E-state index in [-0.39, 0.29) is 11.5 Å². The second-order valence-corrected chi connectivity index (χ2v) is 6.73. The maximum atomic E-state index is 14.2. The van der Waals surface area contributed by atoms with Crippen molar-refractivity contribution < 1.29 is 4.48 Å². The molecule has 0 fully saturated rings. The van der Waals surface area contributed by atoms with Crippen LogP contribution in [0.5, 0.6) is 0 Å². The summed E-state index contributed by atoms with van der Waals surface area (Å²) in [6.07, 6.45) is 8.23. The van der Waals surface area contributed by atoms with Gasteiger partial charge in [-0.3, -0.25) is 0 Å². The molecule has 3 heteroatoms. The molecule has 0 radical (unpaired) electrons. The van der Waals surface area contributed by atoms with Crippen LogP contribution >= 0.6 is 0 Å². The van der Waals surface area contributed by atoms with Crippen LogP contribution in [0.2, 0.25) is 0 Å². The molecule has 24 heavy (non-hydrogen) atoms. The second-order valence-electron chi connectivity index (χ2n) is 6.73. The average molecular weight is 333 g/mol. The monoisotopic (exact) mass is 332 g/mol. The van der Waals surface area contributed by atoms with Crippen LogP contribution in [-0.4, -0.2) is 29.7 Å². The van der Waals surface area contributed by atoms with Crippen molar-refractivity contribution in [2.24, 2.45) is 5.41 Å². The molecule has 134 valence electrons. The fourth-order valence-corrected chi connectivity index (χ4v) is 2.54. The first-order chi connectivity index (χ1) is 11.1. The molecule has 2 nitrogen and oxygen atoms in total. The van der Waals surface area contributed by atoms with Crippen molar-refractivity contribution in [3.63, 3.8) is 0 Å². The van der Waals surface area contributed by atoms with Gasteiger partial charge in [-0.25, -0.2) is 0 Å². The van der Waals surface area contributed by atoms with Crippen molar-refractivity contribution >= 4 is 0 Å². The summed E-state index contributed by atoms with van der Waals surface area (Å²) in [5.41, 5.74) is 5.49. The fraction of sp³-hybridized carbons (Fsp3) is 0.476. The van der Waals surface area contributed by atoms with Gasteiger partial charge in [-0.15, -0.1) is 15.3 Å². The molecule has 0 aromatic heterocycles. The first kappa shape index (κ1) is 22.2. The summed E-state index contributed by atoms with van der Waals surface area (Å²) >= 11 is 0. The van der Waals surface area contributed by atoms with Gasteiger partial charge in [-0.05, 0) is 49.0 Å². The SMILES string of the molecule is C=C=C/C(C)=C/N(CC(N(C)F)C(C)(C)CC)/C(C=C)=C(/C)C=C. The summed E-state index contributed by atoms with van der Waals surface area (Å²) < 4.78 is 14.2. The smallest absolute Gasteiger partial charge is 0.0629 e. The molecule has 0 aromatic carbocycles. The zero-order chi connectivity index (χ0) is 18.9. The number of halogens is 1. The van der Waals surface area contributed by atoms with Crippen molar-refractivity contribution in [2.45, 2.75) is 47.1 Å². The molecule has 1 unspecified atom stereocenters. The molecular formula is C21H33FN2. The Hall–Kier alpha value is -1.83. The fourth-order valence-electron chi connectivity index (χ4n) is 2.54. The minimum Gasteiger partial charge on any atom is -0.346 e. The molecule has 0 bridgehead atoms. The van der Waals surface area contributed by atoms with Crippen molar-refractivity contribution in [3.8, 4) is 0 Å². The third-order valence-electron chi connectivity index (χ3n) is 4.51. The molecule has 0 spiro atoms. The molecule has 0 aliphatic carbocycles. The van der Waals surface area contributed by atoms with Gasteiger partial charge in [0.2, 0.25) is 0 Å². The molecule has 0 amide bonds. The number of hydrogen-bond donors (Lipinski definition) is 0. The first-order valence-electron chi connectivity index (χ1n) is 8.29. The van der Waals surface area contributed by atoms with Crippen LogP contribution in [0.1, 0.15) is 41.0 Å². The quantitative estimate of drug-likeness (QED) is 0.283. The van der Waals surface area contributed by atoms with Gasteiger partial charge in [0, 0.05) is 25.5 Å². The minimum absolute atomic E-state index is 0.174. The van der Waals surface area contributed by atoms with Crippen LogP contribution in [-0.2, 0) is 0 Å². The van der Waals surface area contributed by atoms with E-state index < -0.39 is 0 Å². The number of allylic oxidation sites excluding steroid dienone is 5. The molecular weight excluding hydrogens is 299 g/mol. The van der Waals surface area contributed by atoms with Crippen LogP contribution < -0.4 is 0 Å². The maximum absolute atomic E-state index is 14.2. The predicted octanol–water partition coefficient (Wildman–Crippen LogP) is 5.80. The Morgan fingerprint density at radius 2 is 1.83 bits per heavy atom. The molecule has 0 N–H and O–H groups in total. The van der Waals surface area contributed by atoms with Crippen LogP contribution in [0.25, 0.3) is 0 Å². The summed E-state index contributed by atoms with van der Waals surface area (Å²) in [7, 11) is 1.48. The second kappa shape index (κ2) is 10.1. The van der Waals surface area contributed by atoms with Crippen molar-refractivity contribution in [3.05, 3.63) is 66.7 Å². The largest absolute Gasteiger partial charge is 0.346 e. The Balaban J connectivity index is 6.04. The van der Waals surface area contributed by atoms with E-state index in [1.54, 1.807) is 18.2 Å². The van der Waals surface area contributed by atoms with E-state index in [0.717, 1.165) is 28.4 Å². The summed E-state index contributed by atoms with van der Waals surface area (Å²) in [4.78, 5) is 2.03. The van der Waals surface area contributed by atoms with Crippen LogP contribution in [0.4, 0.5) is 4.48 Å². The van der Waals surface area contributed by atoms with Crippen molar-refractivity contribution in [2.75, 3.05) is 13.6 Å². The van der Waals surface area contributed by atoms with Gasteiger partial charge < -0.3 is 4.90 Å². The van der Waals surface area contributed by atoms with Gasteiger partial charge in [0.1, 0.15) is 0 Å². The maximum Gasteiger partial charge on any atom is 0.0629 e. The minimum atomic E-state index is -0.271. The van der Waals surface area contributed by atoms with Crippen LogP contribution in [0.3, 0.4) is 0 Å². The molecule has 0 aliphatic heterocycles. The lowest BCUT2D eigenvalue weighted by atomic mass is 9.81. The van der Waals surface area contributed by atoms with Crippen LogP contribution in [0, 0.1) is 5.41 Å². The lowest BCUT2D eigenvalue weighted by Gasteiger charge is -2.39.